The van der Waals surface area contributed by atoms with Crippen molar-refractivity contribution < 1.29 is 14.6 Å². The van der Waals surface area contributed by atoms with Crippen molar-refractivity contribution in [3.63, 3.8) is 0 Å². The maximum Gasteiger partial charge on any atom is 0.338 e. The van der Waals surface area contributed by atoms with E-state index in [-0.39, 0.29) is 5.56 Å². The van der Waals surface area contributed by atoms with Crippen LogP contribution in [0.15, 0.2) is 12.1 Å². The van der Waals surface area contributed by atoms with E-state index in [1.165, 1.54) is 0 Å². The van der Waals surface area contributed by atoms with Gasteiger partial charge in [-0.3, -0.25) is 0 Å². The van der Waals surface area contributed by atoms with Gasteiger partial charge in [0.1, 0.15) is 5.75 Å². The van der Waals surface area contributed by atoms with E-state index >= 15 is 0 Å². The lowest BCUT2D eigenvalue weighted by Gasteiger charge is -2.18. The van der Waals surface area contributed by atoms with E-state index in [1.54, 1.807) is 19.2 Å². The summed E-state index contributed by atoms with van der Waals surface area (Å²) in [6, 6.07) is 3.44. The summed E-state index contributed by atoms with van der Waals surface area (Å²) >= 11 is 6.20. The molecule has 1 aromatic carbocycles. The molecule has 5 nitrogen and oxygen atoms in total. The van der Waals surface area contributed by atoms with E-state index in [0.29, 0.717) is 29.2 Å². The van der Waals surface area contributed by atoms with E-state index in [4.69, 9.17) is 16.3 Å². The van der Waals surface area contributed by atoms with Gasteiger partial charge in [0.25, 0.3) is 0 Å². The third kappa shape index (κ3) is 1.69. The summed E-state index contributed by atoms with van der Waals surface area (Å²) in [4.78, 5) is 11.6. The second-order valence-electron chi connectivity index (χ2n) is 4.43. The Balaban J connectivity index is 2.49. The number of carbonyl (C=O) groups is 1. The minimum atomic E-state index is -0.961. The molecule has 0 unspecified atom stereocenters. The van der Waals surface area contributed by atoms with E-state index in [9.17, 15) is 9.90 Å². The molecule has 0 aliphatic carbocycles. The van der Waals surface area contributed by atoms with Crippen LogP contribution in [0.2, 0.25) is 5.02 Å². The summed E-state index contributed by atoms with van der Waals surface area (Å²) in [5.74, 6) is -0.312. The van der Waals surface area contributed by atoms with E-state index < -0.39 is 5.97 Å². The predicted octanol–water partition coefficient (Wildman–Crippen LogP) is 2.10. The summed E-state index contributed by atoms with van der Waals surface area (Å²) in [6.45, 7) is 2.02. The van der Waals surface area contributed by atoms with Gasteiger partial charge in [-0.05, 0) is 12.1 Å². The van der Waals surface area contributed by atoms with Gasteiger partial charge in [0.05, 0.1) is 23.2 Å². The summed E-state index contributed by atoms with van der Waals surface area (Å²) in [6.07, 6.45) is 0. The van der Waals surface area contributed by atoms with Gasteiger partial charge in [0.2, 0.25) is 0 Å². The molecule has 2 N–H and O–H groups in total. The maximum atomic E-state index is 11.6. The van der Waals surface area contributed by atoms with Gasteiger partial charge >= 0.3 is 5.97 Å². The van der Waals surface area contributed by atoms with Gasteiger partial charge in [-0.15, -0.1) is 0 Å². The van der Waals surface area contributed by atoms with Crippen molar-refractivity contribution in [1.82, 2.24) is 9.88 Å². The number of hydrogen-bond acceptors (Lipinski definition) is 3. The zero-order valence-corrected chi connectivity index (χ0v) is 11.1. The Bertz CT molecular complexity index is 678. The van der Waals surface area contributed by atoms with Crippen LogP contribution in [0.3, 0.4) is 0 Å². The Labute approximate surface area is 114 Å². The molecular weight excluding hydrogens is 268 g/mol. The number of nitrogens with one attached hydrogen (secondary N) is 1. The Morgan fingerprint density at radius 3 is 3.00 bits per heavy atom. The van der Waals surface area contributed by atoms with Crippen LogP contribution in [0.4, 0.5) is 0 Å². The molecule has 0 radical (unpaired) electrons. The monoisotopic (exact) mass is 280 g/mol. The number of ether oxygens (including phenoxy) is 1. The van der Waals surface area contributed by atoms with Crippen LogP contribution < -0.4 is 10.1 Å². The number of benzene rings is 1. The van der Waals surface area contributed by atoms with E-state index in [0.717, 1.165) is 17.8 Å². The molecule has 6 heteroatoms. The quantitative estimate of drug-likeness (QED) is 0.884. The van der Waals surface area contributed by atoms with Crippen molar-refractivity contribution in [2.45, 2.75) is 13.1 Å². The average Bonchev–Trinajstić information content (AvgIpc) is 2.76. The minimum Gasteiger partial charge on any atom is -0.495 e. The third-order valence-corrected chi connectivity index (χ3v) is 3.78. The van der Waals surface area contributed by atoms with Crippen molar-refractivity contribution in [1.29, 1.82) is 0 Å². The maximum absolute atomic E-state index is 11.6. The first-order chi connectivity index (χ1) is 9.15. The number of carboxylic acids is 1. The van der Waals surface area contributed by atoms with E-state index in [1.807, 2.05) is 4.57 Å². The number of aromatic nitrogens is 1. The second kappa shape index (κ2) is 4.43. The number of nitrogens with zero attached hydrogens (tertiary/aromatic N) is 1. The molecule has 0 bridgehead atoms. The molecule has 0 fully saturated rings. The van der Waals surface area contributed by atoms with Crippen molar-refractivity contribution >= 4 is 28.5 Å². The highest BCUT2D eigenvalue weighted by Gasteiger charge is 2.27. The van der Waals surface area contributed by atoms with Gasteiger partial charge in [-0.2, -0.15) is 0 Å². The molecule has 0 saturated heterocycles. The largest absolute Gasteiger partial charge is 0.495 e. The summed E-state index contributed by atoms with van der Waals surface area (Å²) in [7, 11) is 1.57. The predicted molar refractivity (Wildman–Crippen MR) is 72.2 cm³/mol. The standard InChI is InChI=1S/C13H13ClN2O3/c1-19-9-3-2-7(14)10-11(13(17)18)8-6-15-4-5-16(8)12(9)10/h2-3,15H,4-6H2,1H3,(H,17,18). The topological polar surface area (TPSA) is 63.5 Å². The summed E-state index contributed by atoms with van der Waals surface area (Å²) in [5.41, 5.74) is 1.79. The lowest BCUT2D eigenvalue weighted by molar-refractivity contribution is 0.0697. The molecule has 2 aromatic rings. The lowest BCUT2D eigenvalue weighted by Crippen LogP contribution is -2.28. The molecule has 0 saturated carbocycles. The fourth-order valence-corrected chi connectivity index (χ4v) is 2.94. The molecule has 0 amide bonds. The molecule has 2 heterocycles. The number of halogens is 1. The SMILES string of the molecule is COc1ccc(Cl)c2c(C(=O)O)c3n(c12)CCNC3. The molecule has 1 aliphatic heterocycles. The lowest BCUT2D eigenvalue weighted by atomic mass is 10.1. The van der Waals surface area contributed by atoms with Crippen LogP contribution in [0, 0.1) is 0 Å². The third-order valence-electron chi connectivity index (χ3n) is 3.46. The highest BCUT2D eigenvalue weighted by molar-refractivity contribution is 6.37. The van der Waals surface area contributed by atoms with Crippen LogP contribution in [-0.2, 0) is 13.1 Å². The molecule has 19 heavy (non-hydrogen) atoms. The average molecular weight is 281 g/mol. The highest BCUT2D eigenvalue weighted by atomic mass is 35.5. The second-order valence-corrected chi connectivity index (χ2v) is 4.84. The normalized spacial score (nSPS) is 14.4. The molecule has 0 spiro atoms. The minimum absolute atomic E-state index is 0.270. The van der Waals surface area contributed by atoms with Crippen molar-refractivity contribution in [2.24, 2.45) is 0 Å². The Morgan fingerprint density at radius 1 is 1.53 bits per heavy atom. The molecule has 100 valence electrons. The highest BCUT2D eigenvalue weighted by Crippen LogP contribution is 2.38. The summed E-state index contributed by atoms with van der Waals surface area (Å²) in [5, 5.41) is 13.7. The number of carboxylic acid groups (broad SMARTS) is 1. The number of fused-ring (bicyclic) bond motifs is 3. The number of methoxy groups -OCH3 is 1. The summed E-state index contributed by atoms with van der Waals surface area (Å²) < 4.78 is 7.33. The Kier molecular flexibility index (Phi) is 2.88. The molecule has 1 aliphatic rings. The first-order valence-electron chi connectivity index (χ1n) is 5.96. The van der Waals surface area contributed by atoms with Gasteiger partial charge < -0.3 is 19.7 Å². The number of aromatic carboxylic acids is 1. The van der Waals surface area contributed by atoms with Crippen LogP contribution >= 0.6 is 11.6 Å². The van der Waals surface area contributed by atoms with Crippen LogP contribution in [-0.4, -0.2) is 29.3 Å². The zero-order valence-electron chi connectivity index (χ0n) is 10.4. The van der Waals surface area contributed by atoms with E-state index in [2.05, 4.69) is 5.32 Å². The Morgan fingerprint density at radius 2 is 2.32 bits per heavy atom. The van der Waals surface area contributed by atoms with Crippen LogP contribution in [0.25, 0.3) is 10.9 Å². The van der Waals surface area contributed by atoms with Gasteiger partial charge in [-0.1, -0.05) is 11.6 Å². The Hall–Kier alpha value is -1.72. The zero-order chi connectivity index (χ0) is 13.6. The van der Waals surface area contributed by atoms with Crippen molar-refractivity contribution in [3.05, 3.63) is 28.4 Å². The van der Waals surface area contributed by atoms with Crippen LogP contribution in [0.5, 0.6) is 5.75 Å². The first kappa shape index (κ1) is 12.3. The first-order valence-corrected chi connectivity index (χ1v) is 6.34. The van der Waals surface area contributed by atoms with Gasteiger partial charge in [-0.25, -0.2) is 4.79 Å². The van der Waals surface area contributed by atoms with Gasteiger partial charge in [0, 0.05) is 30.7 Å². The number of hydrogen-bond donors (Lipinski definition) is 2. The van der Waals surface area contributed by atoms with Gasteiger partial charge in [0.15, 0.2) is 0 Å². The smallest absolute Gasteiger partial charge is 0.338 e. The fraction of sp³-hybridized carbons (Fsp3) is 0.308. The fourth-order valence-electron chi connectivity index (χ4n) is 2.69. The molecule has 1 aromatic heterocycles. The number of rotatable bonds is 2. The molecular formula is C13H13ClN2O3. The van der Waals surface area contributed by atoms with Crippen molar-refractivity contribution in [3.8, 4) is 5.75 Å². The van der Waals surface area contributed by atoms with Crippen molar-refractivity contribution in [2.75, 3.05) is 13.7 Å². The van der Waals surface area contributed by atoms with Crippen LogP contribution in [0.1, 0.15) is 16.1 Å². The molecule has 3 rings (SSSR count). The molecule has 0 atom stereocenters.